The topological polar surface area (TPSA) is 43.8 Å². The van der Waals surface area contributed by atoms with Crippen molar-refractivity contribution in [3.8, 4) is 0 Å². The third-order valence-corrected chi connectivity index (χ3v) is 3.22. The van der Waals surface area contributed by atoms with Crippen molar-refractivity contribution in [1.29, 1.82) is 0 Å². The van der Waals surface area contributed by atoms with Crippen molar-refractivity contribution < 1.29 is 4.39 Å². The maximum absolute atomic E-state index is 12.9. The molecule has 1 unspecified atom stereocenters. The van der Waals surface area contributed by atoms with Gasteiger partial charge in [0.05, 0.1) is 18.3 Å². The van der Waals surface area contributed by atoms with E-state index in [1.165, 1.54) is 12.1 Å². The van der Waals surface area contributed by atoms with Crippen LogP contribution in [0.25, 0.3) is 10.9 Å². The zero-order valence-corrected chi connectivity index (χ0v) is 10.3. The molecule has 0 aliphatic heterocycles. The van der Waals surface area contributed by atoms with E-state index in [2.05, 4.69) is 5.10 Å². The Bertz CT molecular complexity index is 688. The van der Waals surface area contributed by atoms with Gasteiger partial charge in [-0.1, -0.05) is 30.3 Å². The number of nitrogens with zero attached hydrogens (tertiary/aromatic N) is 2. The van der Waals surface area contributed by atoms with Crippen LogP contribution in [0.1, 0.15) is 11.6 Å². The molecule has 0 amide bonds. The summed E-state index contributed by atoms with van der Waals surface area (Å²) in [6.07, 6.45) is 1.83. The molecular formula is C15H14FN3. The Hall–Kier alpha value is -2.20. The first-order valence-electron chi connectivity index (χ1n) is 6.15. The van der Waals surface area contributed by atoms with Crippen molar-refractivity contribution in [2.45, 2.75) is 12.6 Å². The molecule has 0 saturated carbocycles. The molecule has 0 fully saturated rings. The Kier molecular flexibility index (Phi) is 3.01. The minimum absolute atomic E-state index is 0.205. The lowest BCUT2D eigenvalue weighted by Crippen LogP contribution is -2.18. The van der Waals surface area contributed by atoms with Crippen LogP contribution in [0.2, 0.25) is 0 Å². The molecule has 1 atom stereocenters. The second-order valence-electron chi connectivity index (χ2n) is 4.54. The lowest BCUT2D eigenvalue weighted by atomic mass is 10.1. The average Bonchev–Trinajstić information content (AvgIpc) is 2.83. The predicted octanol–water partition coefficient (Wildman–Crippen LogP) is 2.88. The fourth-order valence-corrected chi connectivity index (χ4v) is 2.17. The molecular weight excluding hydrogens is 241 g/mol. The quantitative estimate of drug-likeness (QED) is 0.782. The Labute approximate surface area is 110 Å². The van der Waals surface area contributed by atoms with E-state index < -0.39 is 0 Å². The molecule has 4 heteroatoms. The van der Waals surface area contributed by atoms with E-state index in [9.17, 15) is 4.39 Å². The first-order chi connectivity index (χ1) is 9.24. The standard InChI is InChI=1S/C15H14FN3/c16-13-7-5-11(6-8-13)14(17)10-19-15-4-2-1-3-12(15)9-18-19/h1-9,14H,10,17H2. The van der Waals surface area contributed by atoms with Crippen LogP contribution in [0.15, 0.2) is 54.7 Å². The maximum atomic E-state index is 12.9. The van der Waals surface area contributed by atoms with E-state index in [4.69, 9.17) is 5.73 Å². The summed E-state index contributed by atoms with van der Waals surface area (Å²) < 4.78 is 14.8. The highest BCUT2D eigenvalue weighted by atomic mass is 19.1. The van der Waals surface area contributed by atoms with Crippen molar-refractivity contribution in [3.63, 3.8) is 0 Å². The minimum atomic E-state index is -0.250. The minimum Gasteiger partial charge on any atom is -0.322 e. The van der Waals surface area contributed by atoms with Crippen molar-refractivity contribution in [3.05, 3.63) is 66.1 Å². The maximum Gasteiger partial charge on any atom is 0.123 e. The summed E-state index contributed by atoms with van der Waals surface area (Å²) in [7, 11) is 0. The first-order valence-corrected chi connectivity index (χ1v) is 6.15. The number of halogens is 1. The zero-order valence-electron chi connectivity index (χ0n) is 10.3. The van der Waals surface area contributed by atoms with E-state index in [0.717, 1.165) is 16.5 Å². The summed E-state index contributed by atoms with van der Waals surface area (Å²) in [4.78, 5) is 0. The van der Waals surface area contributed by atoms with Gasteiger partial charge in [-0.2, -0.15) is 5.10 Å². The fourth-order valence-electron chi connectivity index (χ4n) is 2.17. The highest BCUT2D eigenvalue weighted by Gasteiger charge is 2.09. The highest BCUT2D eigenvalue weighted by Crippen LogP contribution is 2.17. The Morgan fingerprint density at radius 3 is 2.63 bits per heavy atom. The molecule has 0 aliphatic carbocycles. The van der Waals surface area contributed by atoms with E-state index in [0.29, 0.717) is 6.54 Å². The van der Waals surface area contributed by atoms with Crippen LogP contribution >= 0.6 is 0 Å². The van der Waals surface area contributed by atoms with E-state index >= 15 is 0 Å². The summed E-state index contributed by atoms with van der Waals surface area (Å²) in [5.41, 5.74) is 8.10. The number of hydrogen-bond donors (Lipinski definition) is 1. The molecule has 0 aliphatic rings. The van der Waals surface area contributed by atoms with Gasteiger partial charge >= 0.3 is 0 Å². The Morgan fingerprint density at radius 2 is 1.84 bits per heavy atom. The molecule has 0 saturated heterocycles. The number of benzene rings is 2. The highest BCUT2D eigenvalue weighted by molar-refractivity contribution is 5.78. The van der Waals surface area contributed by atoms with Crippen molar-refractivity contribution >= 4 is 10.9 Å². The van der Waals surface area contributed by atoms with Gasteiger partial charge in [0.1, 0.15) is 5.82 Å². The molecule has 96 valence electrons. The summed E-state index contributed by atoms with van der Waals surface area (Å²) >= 11 is 0. The van der Waals surface area contributed by atoms with Crippen LogP contribution in [0.4, 0.5) is 4.39 Å². The second-order valence-corrected chi connectivity index (χ2v) is 4.54. The molecule has 2 aromatic carbocycles. The molecule has 3 rings (SSSR count). The number of fused-ring (bicyclic) bond motifs is 1. The van der Waals surface area contributed by atoms with Crippen LogP contribution < -0.4 is 5.73 Å². The molecule has 2 N–H and O–H groups in total. The van der Waals surface area contributed by atoms with Gasteiger partial charge < -0.3 is 5.73 Å². The van der Waals surface area contributed by atoms with E-state index in [1.54, 1.807) is 12.1 Å². The molecule has 19 heavy (non-hydrogen) atoms. The van der Waals surface area contributed by atoms with Crippen LogP contribution in [0.5, 0.6) is 0 Å². The van der Waals surface area contributed by atoms with Crippen LogP contribution in [0.3, 0.4) is 0 Å². The molecule has 0 spiro atoms. The smallest absolute Gasteiger partial charge is 0.123 e. The van der Waals surface area contributed by atoms with Gasteiger partial charge in [-0.3, -0.25) is 4.68 Å². The third kappa shape index (κ3) is 2.35. The SMILES string of the molecule is NC(Cn1ncc2ccccc21)c1ccc(F)cc1. The van der Waals surface area contributed by atoms with Crippen LogP contribution in [-0.2, 0) is 6.54 Å². The number of aromatic nitrogens is 2. The van der Waals surface area contributed by atoms with Gasteiger partial charge in [0, 0.05) is 11.4 Å². The summed E-state index contributed by atoms with van der Waals surface area (Å²) in [5.74, 6) is -0.250. The normalized spacial score (nSPS) is 12.7. The van der Waals surface area contributed by atoms with Crippen molar-refractivity contribution in [2.75, 3.05) is 0 Å². The largest absolute Gasteiger partial charge is 0.322 e. The van der Waals surface area contributed by atoms with Gasteiger partial charge in [-0.25, -0.2) is 4.39 Å². The third-order valence-electron chi connectivity index (χ3n) is 3.22. The van der Waals surface area contributed by atoms with Crippen LogP contribution in [-0.4, -0.2) is 9.78 Å². The molecule has 1 heterocycles. The van der Waals surface area contributed by atoms with E-state index in [1.807, 2.05) is 35.1 Å². The Balaban J connectivity index is 1.86. The number of nitrogens with two attached hydrogens (primary N) is 1. The van der Waals surface area contributed by atoms with E-state index in [-0.39, 0.29) is 11.9 Å². The molecule has 1 aromatic heterocycles. The monoisotopic (exact) mass is 255 g/mol. The molecule has 0 bridgehead atoms. The summed E-state index contributed by atoms with van der Waals surface area (Å²) in [6, 6.07) is 14.1. The van der Waals surface area contributed by atoms with Gasteiger partial charge in [-0.05, 0) is 23.8 Å². The molecule has 3 aromatic rings. The molecule has 3 nitrogen and oxygen atoms in total. The number of rotatable bonds is 3. The summed E-state index contributed by atoms with van der Waals surface area (Å²) in [5, 5.41) is 5.43. The fraction of sp³-hybridized carbons (Fsp3) is 0.133. The van der Waals surface area contributed by atoms with Crippen molar-refractivity contribution in [1.82, 2.24) is 9.78 Å². The number of para-hydroxylation sites is 1. The van der Waals surface area contributed by atoms with Crippen molar-refractivity contribution in [2.24, 2.45) is 5.73 Å². The van der Waals surface area contributed by atoms with Gasteiger partial charge in [0.2, 0.25) is 0 Å². The zero-order chi connectivity index (χ0) is 13.2. The number of hydrogen-bond acceptors (Lipinski definition) is 2. The van der Waals surface area contributed by atoms with Gasteiger partial charge in [0.15, 0.2) is 0 Å². The average molecular weight is 255 g/mol. The predicted molar refractivity (Wildman–Crippen MR) is 73.1 cm³/mol. The Morgan fingerprint density at radius 1 is 1.11 bits per heavy atom. The van der Waals surface area contributed by atoms with Crippen LogP contribution in [0, 0.1) is 5.82 Å². The first kappa shape index (κ1) is 11.9. The second kappa shape index (κ2) is 4.82. The molecule has 0 radical (unpaired) electrons. The van der Waals surface area contributed by atoms with Gasteiger partial charge in [-0.15, -0.1) is 0 Å². The van der Waals surface area contributed by atoms with Gasteiger partial charge in [0.25, 0.3) is 0 Å². The lowest BCUT2D eigenvalue weighted by molar-refractivity contribution is 0.540. The summed E-state index contributed by atoms with van der Waals surface area (Å²) in [6.45, 7) is 0.569. The lowest BCUT2D eigenvalue weighted by Gasteiger charge is -2.13.